The van der Waals surface area contributed by atoms with Crippen molar-refractivity contribution in [1.29, 1.82) is 0 Å². The van der Waals surface area contributed by atoms with Crippen LogP contribution < -0.4 is 10.6 Å². The third-order valence-electron chi connectivity index (χ3n) is 3.76. The van der Waals surface area contributed by atoms with E-state index >= 15 is 0 Å². The maximum absolute atomic E-state index is 12.4. The Labute approximate surface area is 156 Å². The summed E-state index contributed by atoms with van der Waals surface area (Å²) in [5, 5.41) is 5.68. The number of carbonyl (C=O) groups excluding carboxylic acids is 2. The lowest BCUT2D eigenvalue weighted by atomic mass is 10.1. The number of carbonyl (C=O) groups is 2. The lowest BCUT2D eigenvalue weighted by Gasteiger charge is -2.19. The van der Waals surface area contributed by atoms with Gasteiger partial charge in [0.2, 0.25) is 0 Å². The molecule has 27 heavy (non-hydrogen) atoms. The van der Waals surface area contributed by atoms with Gasteiger partial charge < -0.3 is 10.6 Å². The number of hydrogen-bond acceptors (Lipinski definition) is 6. The van der Waals surface area contributed by atoms with Crippen LogP contribution in [0.25, 0.3) is 0 Å². The van der Waals surface area contributed by atoms with Crippen LogP contribution in [0.3, 0.4) is 0 Å². The molecule has 0 spiro atoms. The summed E-state index contributed by atoms with van der Waals surface area (Å²) < 4.78 is 0. The second kappa shape index (κ2) is 9.14. The van der Waals surface area contributed by atoms with Gasteiger partial charge in [0.25, 0.3) is 11.8 Å². The highest BCUT2D eigenvalue weighted by molar-refractivity contribution is 5.93. The van der Waals surface area contributed by atoms with Gasteiger partial charge in [0, 0.05) is 31.3 Å². The number of nitrogens with zero attached hydrogens (tertiary/aromatic N) is 4. The van der Waals surface area contributed by atoms with Gasteiger partial charge in [-0.25, -0.2) is 9.97 Å². The van der Waals surface area contributed by atoms with E-state index in [1.165, 1.54) is 37.2 Å². The summed E-state index contributed by atoms with van der Waals surface area (Å²) in [6.45, 7) is 0.232. The highest BCUT2D eigenvalue weighted by Crippen LogP contribution is 2.04. The monoisotopic (exact) mass is 362 g/mol. The molecule has 0 bridgehead atoms. The highest BCUT2D eigenvalue weighted by atomic mass is 16.2. The number of rotatable bonds is 7. The molecule has 0 saturated heterocycles. The van der Waals surface area contributed by atoms with Crippen molar-refractivity contribution in [3.05, 3.63) is 84.5 Å². The van der Waals surface area contributed by atoms with Gasteiger partial charge in [0.05, 0.1) is 18.4 Å². The standard InChI is InChI=1S/C19H18N6O2/c26-18(16-12-20-6-8-22-16)24-11-15(10-14-4-2-1-3-5-14)25-19(27)17-13-21-7-9-23-17/h1-9,12-13,15H,10-11H2,(H,24,26)(H,25,27)/t15-/m0/s1. The first kappa shape index (κ1) is 18.1. The fourth-order valence-electron chi connectivity index (χ4n) is 2.47. The maximum Gasteiger partial charge on any atom is 0.271 e. The minimum Gasteiger partial charge on any atom is -0.349 e. The number of nitrogens with one attached hydrogen (secondary N) is 2. The van der Waals surface area contributed by atoms with Crippen molar-refractivity contribution in [2.45, 2.75) is 12.5 Å². The van der Waals surface area contributed by atoms with Crippen LogP contribution in [-0.2, 0) is 6.42 Å². The molecular weight excluding hydrogens is 344 g/mol. The van der Waals surface area contributed by atoms with Gasteiger partial charge >= 0.3 is 0 Å². The average Bonchev–Trinajstić information content (AvgIpc) is 2.73. The van der Waals surface area contributed by atoms with E-state index in [1.807, 2.05) is 30.3 Å². The molecule has 3 aromatic rings. The van der Waals surface area contributed by atoms with Crippen molar-refractivity contribution in [1.82, 2.24) is 30.6 Å². The Morgan fingerprint density at radius 2 is 1.48 bits per heavy atom. The zero-order valence-corrected chi connectivity index (χ0v) is 14.4. The molecule has 1 atom stereocenters. The lowest BCUT2D eigenvalue weighted by molar-refractivity contribution is 0.0903. The second-order valence-corrected chi connectivity index (χ2v) is 5.75. The molecule has 0 radical (unpaired) electrons. The molecule has 2 N–H and O–H groups in total. The van der Waals surface area contributed by atoms with Gasteiger partial charge in [-0.3, -0.25) is 19.6 Å². The minimum atomic E-state index is -0.352. The molecule has 8 nitrogen and oxygen atoms in total. The first-order valence-corrected chi connectivity index (χ1v) is 8.37. The number of amides is 2. The van der Waals surface area contributed by atoms with Crippen LogP contribution in [0, 0.1) is 0 Å². The summed E-state index contributed by atoms with van der Waals surface area (Å²) in [4.78, 5) is 40.4. The van der Waals surface area contributed by atoms with Crippen LogP contribution in [0.1, 0.15) is 26.5 Å². The summed E-state index contributed by atoms with van der Waals surface area (Å²) in [5.74, 6) is -0.701. The summed E-state index contributed by atoms with van der Waals surface area (Å²) in [6.07, 6.45) is 9.24. The predicted molar refractivity (Wildman–Crippen MR) is 97.8 cm³/mol. The predicted octanol–water partition coefficient (Wildman–Crippen LogP) is 1.04. The smallest absolute Gasteiger partial charge is 0.271 e. The third-order valence-corrected chi connectivity index (χ3v) is 3.76. The molecule has 0 aliphatic heterocycles. The third kappa shape index (κ3) is 5.40. The van der Waals surface area contributed by atoms with E-state index < -0.39 is 0 Å². The van der Waals surface area contributed by atoms with Crippen LogP contribution in [-0.4, -0.2) is 44.3 Å². The zero-order valence-electron chi connectivity index (χ0n) is 14.4. The van der Waals surface area contributed by atoms with Crippen molar-refractivity contribution in [2.24, 2.45) is 0 Å². The van der Waals surface area contributed by atoms with Crippen molar-refractivity contribution >= 4 is 11.8 Å². The molecule has 8 heteroatoms. The van der Waals surface area contributed by atoms with Crippen molar-refractivity contribution in [2.75, 3.05) is 6.54 Å². The van der Waals surface area contributed by atoms with E-state index in [4.69, 9.17) is 0 Å². The Kier molecular flexibility index (Phi) is 6.13. The van der Waals surface area contributed by atoms with Crippen LogP contribution in [0.15, 0.2) is 67.5 Å². The first-order chi connectivity index (χ1) is 13.2. The van der Waals surface area contributed by atoms with Gasteiger partial charge in [-0.2, -0.15) is 0 Å². The molecule has 2 amide bonds. The second-order valence-electron chi connectivity index (χ2n) is 5.75. The highest BCUT2D eigenvalue weighted by Gasteiger charge is 2.17. The Morgan fingerprint density at radius 3 is 2.07 bits per heavy atom. The summed E-state index contributed by atoms with van der Waals surface area (Å²) in [5.41, 5.74) is 1.47. The van der Waals surface area contributed by atoms with E-state index in [0.717, 1.165) is 5.56 Å². The lowest BCUT2D eigenvalue weighted by Crippen LogP contribution is -2.45. The molecule has 0 saturated carbocycles. The summed E-state index contributed by atoms with van der Waals surface area (Å²) >= 11 is 0. The Bertz CT molecular complexity index is 874. The molecule has 136 valence electrons. The molecule has 0 aliphatic rings. The fourth-order valence-corrected chi connectivity index (χ4v) is 2.47. The largest absolute Gasteiger partial charge is 0.349 e. The first-order valence-electron chi connectivity index (χ1n) is 8.37. The Morgan fingerprint density at radius 1 is 0.852 bits per heavy atom. The van der Waals surface area contributed by atoms with Crippen LogP contribution in [0.2, 0.25) is 0 Å². The van der Waals surface area contributed by atoms with E-state index in [1.54, 1.807) is 0 Å². The van der Waals surface area contributed by atoms with Gasteiger partial charge in [0.1, 0.15) is 11.4 Å². The van der Waals surface area contributed by atoms with E-state index in [0.29, 0.717) is 6.42 Å². The molecule has 2 aromatic heterocycles. The van der Waals surface area contributed by atoms with Gasteiger partial charge in [-0.05, 0) is 12.0 Å². The van der Waals surface area contributed by atoms with Gasteiger partial charge in [-0.1, -0.05) is 30.3 Å². The van der Waals surface area contributed by atoms with E-state index in [2.05, 4.69) is 30.6 Å². The topological polar surface area (TPSA) is 110 Å². The zero-order chi connectivity index (χ0) is 18.9. The van der Waals surface area contributed by atoms with E-state index in [-0.39, 0.29) is 35.8 Å². The Hall–Kier alpha value is -3.68. The molecule has 0 aliphatic carbocycles. The summed E-state index contributed by atoms with van der Waals surface area (Å²) in [6, 6.07) is 9.37. The van der Waals surface area contributed by atoms with Crippen LogP contribution >= 0.6 is 0 Å². The minimum absolute atomic E-state index is 0.218. The molecule has 1 aromatic carbocycles. The molecule has 2 heterocycles. The molecule has 3 rings (SSSR count). The summed E-state index contributed by atoms with van der Waals surface area (Å²) in [7, 11) is 0. The maximum atomic E-state index is 12.4. The van der Waals surface area contributed by atoms with Crippen molar-refractivity contribution < 1.29 is 9.59 Å². The normalized spacial score (nSPS) is 11.4. The number of hydrogen-bond donors (Lipinski definition) is 2. The average molecular weight is 362 g/mol. The molecule has 0 unspecified atom stereocenters. The number of aromatic nitrogens is 4. The SMILES string of the molecule is O=C(NC[C@H](Cc1ccccc1)NC(=O)c1cnccn1)c1cnccn1. The quantitative estimate of drug-likeness (QED) is 0.650. The van der Waals surface area contributed by atoms with Crippen LogP contribution in [0.5, 0.6) is 0 Å². The Balaban J connectivity index is 1.67. The van der Waals surface area contributed by atoms with E-state index in [9.17, 15) is 9.59 Å². The molecule has 0 fully saturated rings. The van der Waals surface area contributed by atoms with Crippen LogP contribution in [0.4, 0.5) is 0 Å². The van der Waals surface area contributed by atoms with Gasteiger partial charge in [0.15, 0.2) is 0 Å². The van der Waals surface area contributed by atoms with Crippen molar-refractivity contribution in [3.8, 4) is 0 Å². The van der Waals surface area contributed by atoms with Gasteiger partial charge in [-0.15, -0.1) is 0 Å². The fraction of sp³-hybridized carbons (Fsp3) is 0.158. The van der Waals surface area contributed by atoms with Crippen molar-refractivity contribution in [3.63, 3.8) is 0 Å². The number of benzene rings is 1. The molecular formula is C19H18N6O2.